The topological polar surface area (TPSA) is 59.5 Å². The number of carbonyl (C=O) groups is 2. The Kier molecular flexibility index (Phi) is 6.75. The number of ether oxygens (including phenoxy) is 1. The summed E-state index contributed by atoms with van der Waals surface area (Å²) in [6.07, 6.45) is 3.77. The molecule has 1 aromatic heterocycles. The van der Waals surface area contributed by atoms with Crippen molar-refractivity contribution in [3.8, 4) is 0 Å². The molecule has 0 aliphatic rings. The van der Waals surface area contributed by atoms with E-state index in [0.29, 0.717) is 18.1 Å². The molecular formula is C18H19ClN2O3. The quantitative estimate of drug-likeness (QED) is 0.723. The third kappa shape index (κ3) is 5.66. The number of rotatable bonds is 7. The second kappa shape index (κ2) is 9.03. The lowest BCUT2D eigenvalue weighted by atomic mass is 10.1. The molecule has 6 heteroatoms. The standard InChI is InChI=1S/C18H19ClN2O3/c1-24-18(23)8-11-21(13-15-6-9-20-10-7-15)17(22)12-14-2-4-16(19)5-3-14/h2-7,9-10H,8,11-13H2,1H3. The molecule has 126 valence electrons. The summed E-state index contributed by atoms with van der Waals surface area (Å²) >= 11 is 5.87. The van der Waals surface area contributed by atoms with Gasteiger partial charge >= 0.3 is 5.97 Å². The van der Waals surface area contributed by atoms with E-state index < -0.39 is 0 Å². The Morgan fingerprint density at radius 1 is 1.08 bits per heavy atom. The van der Waals surface area contributed by atoms with Crippen LogP contribution in [0.4, 0.5) is 0 Å². The molecule has 2 rings (SSSR count). The third-order valence-electron chi connectivity index (χ3n) is 3.56. The van der Waals surface area contributed by atoms with Gasteiger partial charge in [0.2, 0.25) is 5.91 Å². The molecule has 0 atom stereocenters. The molecule has 1 amide bonds. The van der Waals surface area contributed by atoms with E-state index >= 15 is 0 Å². The molecule has 0 saturated heterocycles. The predicted molar refractivity (Wildman–Crippen MR) is 91.4 cm³/mol. The van der Waals surface area contributed by atoms with Crippen molar-refractivity contribution < 1.29 is 14.3 Å². The molecule has 0 N–H and O–H groups in total. The Balaban J connectivity index is 2.06. The van der Waals surface area contributed by atoms with Gasteiger partial charge in [0.15, 0.2) is 0 Å². The van der Waals surface area contributed by atoms with Crippen LogP contribution in [0.15, 0.2) is 48.8 Å². The van der Waals surface area contributed by atoms with E-state index in [9.17, 15) is 9.59 Å². The van der Waals surface area contributed by atoms with Crippen LogP contribution in [0.1, 0.15) is 17.5 Å². The number of hydrogen-bond acceptors (Lipinski definition) is 4. The number of aromatic nitrogens is 1. The zero-order valence-electron chi connectivity index (χ0n) is 13.4. The van der Waals surface area contributed by atoms with Crippen LogP contribution in [0.3, 0.4) is 0 Å². The van der Waals surface area contributed by atoms with Crippen LogP contribution in [-0.4, -0.2) is 35.4 Å². The van der Waals surface area contributed by atoms with E-state index in [0.717, 1.165) is 11.1 Å². The number of benzene rings is 1. The van der Waals surface area contributed by atoms with Crippen LogP contribution in [0, 0.1) is 0 Å². The fourth-order valence-electron chi connectivity index (χ4n) is 2.22. The lowest BCUT2D eigenvalue weighted by Crippen LogP contribution is -2.34. The van der Waals surface area contributed by atoms with E-state index in [4.69, 9.17) is 11.6 Å². The smallest absolute Gasteiger partial charge is 0.307 e. The lowest BCUT2D eigenvalue weighted by molar-refractivity contribution is -0.141. The van der Waals surface area contributed by atoms with Crippen molar-refractivity contribution in [1.82, 2.24) is 9.88 Å². The molecule has 2 aromatic rings. The first-order chi connectivity index (χ1) is 11.6. The molecular weight excluding hydrogens is 328 g/mol. The SMILES string of the molecule is COC(=O)CCN(Cc1ccncc1)C(=O)Cc1ccc(Cl)cc1. The maximum absolute atomic E-state index is 12.6. The van der Waals surface area contributed by atoms with Crippen molar-refractivity contribution in [3.63, 3.8) is 0 Å². The highest BCUT2D eigenvalue weighted by Gasteiger charge is 2.16. The maximum atomic E-state index is 12.6. The average molecular weight is 347 g/mol. The predicted octanol–water partition coefficient (Wildman–Crippen LogP) is 2.87. The molecule has 0 aliphatic heterocycles. The molecule has 0 fully saturated rings. The number of nitrogens with zero attached hydrogens (tertiary/aromatic N) is 2. The highest BCUT2D eigenvalue weighted by molar-refractivity contribution is 6.30. The first-order valence-electron chi connectivity index (χ1n) is 7.56. The molecule has 1 heterocycles. The average Bonchev–Trinajstić information content (AvgIpc) is 2.61. The van der Waals surface area contributed by atoms with Crippen molar-refractivity contribution in [2.45, 2.75) is 19.4 Å². The molecule has 0 bridgehead atoms. The van der Waals surface area contributed by atoms with Gasteiger partial charge in [-0.3, -0.25) is 14.6 Å². The fraction of sp³-hybridized carbons (Fsp3) is 0.278. The van der Waals surface area contributed by atoms with Gasteiger partial charge in [-0.15, -0.1) is 0 Å². The Hall–Kier alpha value is -2.40. The fourth-order valence-corrected chi connectivity index (χ4v) is 2.34. The van der Waals surface area contributed by atoms with Crippen molar-refractivity contribution >= 4 is 23.5 Å². The maximum Gasteiger partial charge on any atom is 0.307 e. The Morgan fingerprint density at radius 2 is 1.75 bits per heavy atom. The minimum absolute atomic E-state index is 0.0574. The van der Waals surface area contributed by atoms with Crippen molar-refractivity contribution in [2.75, 3.05) is 13.7 Å². The summed E-state index contributed by atoms with van der Waals surface area (Å²) in [5, 5.41) is 0.630. The minimum Gasteiger partial charge on any atom is -0.469 e. The van der Waals surface area contributed by atoms with Crippen LogP contribution in [0.2, 0.25) is 5.02 Å². The lowest BCUT2D eigenvalue weighted by Gasteiger charge is -2.22. The van der Waals surface area contributed by atoms with Crippen molar-refractivity contribution in [3.05, 3.63) is 64.9 Å². The number of pyridine rings is 1. The summed E-state index contributed by atoms with van der Waals surface area (Å²) in [6.45, 7) is 0.730. The molecule has 0 saturated carbocycles. The van der Waals surface area contributed by atoms with Gasteiger partial charge < -0.3 is 9.64 Å². The van der Waals surface area contributed by atoms with Crippen LogP contribution in [0.25, 0.3) is 0 Å². The summed E-state index contributed by atoms with van der Waals surface area (Å²) in [5.74, 6) is -0.396. The largest absolute Gasteiger partial charge is 0.469 e. The van der Waals surface area contributed by atoms with Gasteiger partial charge in [0.05, 0.1) is 20.0 Å². The number of methoxy groups -OCH3 is 1. The number of halogens is 1. The van der Waals surface area contributed by atoms with E-state index in [-0.39, 0.29) is 24.7 Å². The van der Waals surface area contributed by atoms with Crippen LogP contribution >= 0.6 is 11.6 Å². The Bertz CT molecular complexity index is 674. The van der Waals surface area contributed by atoms with Crippen molar-refractivity contribution in [1.29, 1.82) is 0 Å². The van der Waals surface area contributed by atoms with E-state index in [2.05, 4.69) is 9.72 Å². The number of esters is 1. The number of hydrogen-bond donors (Lipinski definition) is 0. The minimum atomic E-state index is -0.339. The molecule has 1 aromatic carbocycles. The summed E-state index contributed by atoms with van der Waals surface area (Å²) in [5.41, 5.74) is 1.83. The van der Waals surface area contributed by atoms with Gasteiger partial charge in [-0.05, 0) is 35.4 Å². The van der Waals surface area contributed by atoms with E-state index in [1.54, 1.807) is 29.4 Å². The molecule has 0 spiro atoms. The van der Waals surface area contributed by atoms with Crippen LogP contribution in [-0.2, 0) is 27.3 Å². The Labute approximate surface area is 146 Å². The summed E-state index contributed by atoms with van der Waals surface area (Å²) in [4.78, 5) is 29.7. The molecule has 0 radical (unpaired) electrons. The first kappa shape index (κ1) is 17.9. The number of amides is 1. The van der Waals surface area contributed by atoms with Gasteiger partial charge in [0.1, 0.15) is 0 Å². The zero-order chi connectivity index (χ0) is 17.4. The summed E-state index contributed by atoms with van der Waals surface area (Å²) in [7, 11) is 1.34. The highest BCUT2D eigenvalue weighted by Crippen LogP contribution is 2.12. The second-order valence-electron chi connectivity index (χ2n) is 5.30. The molecule has 0 aliphatic carbocycles. The van der Waals surface area contributed by atoms with Gasteiger partial charge in [-0.2, -0.15) is 0 Å². The van der Waals surface area contributed by atoms with Gasteiger partial charge in [0.25, 0.3) is 0 Å². The zero-order valence-corrected chi connectivity index (χ0v) is 14.2. The van der Waals surface area contributed by atoms with E-state index in [1.165, 1.54) is 7.11 Å². The third-order valence-corrected chi connectivity index (χ3v) is 3.81. The second-order valence-corrected chi connectivity index (χ2v) is 5.74. The van der Waals surface area contributed by atoms with E-state index in [1.807, 2.05) is 24.3 Å². The number of carbonyl (C=O) groups excluding carboxylic acids is 2. The Morgan fingerprint density at radius 3 is 2.38 bits per heavy atom. The molecule has 0 unspecified atom stereocenters. The molecule has 5 nitrogen and oxygen atoms in total. The monoisotopic (exact) mass is 346 g/mol. The van der Waals surface area contributed by atoms with Crippen molar-refractivity contribution in [2.24, 2.45) is 0 Å². The van der Waals surface area contributed by atoms with Gasteiger partial charge in [-0.1, -0.05) is 23.7 Å². The molecule has 24 heavy (non-hydrogen) atoms. The normalized spacial score (nSPS) is 10.2. The van der Waals surface area contributed by atoms with Gasteiger partial charge in [-0.25, -0.2) is 0 Å². The highest BCUT2D eigenvalue weighted by atomic mass is 35.5. The van der Waals surface area contributed by atoms with Gasteiger partial charge in [0, 0.05) is 30.5 Å². The summed E-state index contributed by atoms with van der Waals surface area (Å²) < 4.78 is 4.66. The summed E-state index contributed by atoms with van der Waals surface area (Å²) in [6, 6.07) is 10.9. The first-order valence-corrected chi connectivity index (χ1v) is 7.94. The van der Waals surface area contributed by atoms with Crippen LogP contribution < -0.4 is 0 Å². The van der Waals surface area contributed by atoms with Crippen LogP contribution in [0.5, 0.6) is 0 Å².